The molecule has 29 heavy (non-hydrogen) atoms. The molecule has 1 saturated heterocycles. The fourth-order valence-electron chi connectivity index (χ4n) is 3.64. The van der Waals surface area contributed by atoms with Crippen molar-refractivity contribution in [3.8, 4) is 0 Å². The number of nitrogens with zero attached hydrogens (tertiary/aromatic N) is 2. The number of nitrogens with one attached hydrogen (secondary N) is 1. The summed E-state index contributed by atoms with van der Waals surface area (Å²) in [5.74, 6) is -0.430. The van der Waals surface area contributed by atoms with E-state index in [0.717, 1.165) is 17.3 Å². The first-order valence-electron chi connectivity index (χ1n) is 9.50. The van der Waals surface area contributed by atoms with Crippen LogP contribution in [0.25, 0.3) is 10.9 Å². The van der Waals surface area contributed by atoms with Gasteiger partial charge in [0.1, 0.15) is 6.54 Å². The molecule has 0 unspecified atom stereocenters. The molecule has 1 aliphatic rings. The van der Waals surface area contributed by atoms with E-state index in [1.54, 1.807) is 29.2 Å². The van der Waals surface area contributed by atoms with Crippen LogP contribution in [0.1, 0.15) is 23.2 Å². The summed E-state index contributed by atoms with van der Waals surface area (Å²) in [6.45, 7) is 1.30. The van der Waals surface area contributed by atoms with Crippen LogP contribution in [-0.4, -0.2) is 34.4 Å². The minimum atomic E-state index is -0.364. The number of hydrogen-bond donors (Lipinski definition) is 1. The molecule has 0 aliphatic carbocycles. The van der Waals surface area contributed by atoms with Gasteiger partial charge in [0.2, 0.25) is 5.91 Å². The Bertz CT molecular complexity index is 1130. The largest absolute Gasteiger partial charge is 0.339 e. The number of pyridine rings is 1. The smallest absolute Gasteiger partial charge is 0.254 e. The number of anilines is 1. The first-order chi connectivity index (χ1) is 14.0. The van der Waals surface area contributed by atoms with Crippen LogP contribution in [0.2, 0.25) is 0 Å². The minimum absolute atomic E-state index is 0.123. The van der Waals surface area contributed by atoms with Gasteiger partial charge in [-0.05, 0) is 43.2 Å². The van der Waals surface area contributed by atoms with Crippen LogP contribution in [0.4, 0.5) is 5.69 Å². The molecule has 3 aromatic rings. The highest BCUT2D eigenvalue weighted by Gasteiger charge is 2.23. The molecule has 2 aromatic carbocycles. The highest BCUT2D eigenvalue weighted by molar-refractivity contribution is 9.10. The molecule has 1 aliphatic heterocycles. The number of hydrogen-bond acceptors (Lipinski definition) is 3. The number of benzene rings is 2. The highest BCUT2D eigenvalue weighted by atomic mass is 79.9. The zero-order chi connectivity index (χ0) is 20.4. The lowest BCUT2D eigenvalue weighted by molar-refractivity contribution is -0.116. The first kappa shape index (κ1) is 19.4. The number of para-hydroxylation sites is 1. The predicted molar refractivity (Wildman–Crippen MR) is 116 cm³/mol. The van der Waals surface area contributed by atoms with E-state index in [2.05, 4.69) is 21.2 Å². The summed E-state index contributed by atoms with van der Waals surface area (Å²) < 4.78 is 2.32. The third kappa shape index (κ3) is 4.10. The maximum atomic E-state index is 12.9. The van der Waals surface area contributed by atoms with E-state index in [9.17, 15) is 14.4 Å². The van der Waals surface area contributed by atoms with Gasteiger partial charge in [0.25, 0.3) is 11.5 Å². The lowest BCUT2D eigenvalue weighted by atomic mass is 10.1. The normalized spacial score (nSPS) is 13.6. The molecule has 6 nitrogen and oxygen atoms in total. The van der Waals surface area contributed by atoms with Crippen molar-refractivity contribution < 1.29 is 9.59 Å². The van der Waals surface area contributed by atoms with Crippen LogP contribution in [0.15, 0.2) is 63.9 Å². The first-order valence-corrected chi connectivity index (χ1v) is 10.3. The van der Waals surface area contributed by atoms with Crippen LogP contribution >= 0.6 is 15.9 Å². The quantitative estimate of drug-likeness (QED) is 0.655. The van der Waals surface area contributed by atoms with E-state index in [1.807, 2.05) is 24.3 Å². The van der Waals surface area contributed by atoms with Crippen LogP contribution < -0.4 is 10.9 Å². The maximum absolute atomic E-state index is 12.9. The second-order valence-electron chi connectivity index (χ2n) is 7.05. The number of aromatic nitrogens is 1. The lowest BCUT2D eigenvalue weighted by Gasteiger charge is -2.18. The van der Waals surface area contributed by atoms with E-state index in [4.69, 9.17) is 0 Å². The van der Waals surface area contributed by atoms with Crippen molar-refractivity contribution in [2.75, 3.05) is 18.4 Å². The van der Waals surface area contributed by atoms with Crippen molar-refractivity contribution in [3.63, 3.8) is 0 Å². The molecule has 1 fully saturated rings. The number of rotatable bonds is 4. The van der Waals surface area contributed by atoms with Crippen molar-refractivity contribution in [2.45, 2.75) is 19.4 Å². The lowest BCUT2D eigenvalue weighted by Crippen LogP contribution is -2.32. The number of carbonyl (C=O) groups is 2. The number of amides is 2. The van der Waals surface area contributed by atoms with Gasteiger partial charge in [-0.2, -0.15) is 0 Å². The van der Waals surface area contributed by atoms with Crippen molar-refractivity contribution >= 4 is 44.3 Å². The van der Waals surface area contributed by atoms with Crippen molar-refractivity contribution in [2.24, 2.45) is 0 Å². The Morgan fingerprint density at radius 3 is 2.41 bits per heavy atom. The average Bonchev–Trinajstić information content (AvgIpc) is 3.26. The van der Waals surface area contributed by atoms with Crippen LogP contribution in [0.5, 0.6) is 0 Å². The molecule has 0 radical (unpaired) electrons. The van der Waals surface area contributed by atoms with Crippen molar-refractivity contribution in [3.05, 3.63) is 75.0 Å². The van der Waals surface area contributed by atoms with Gasteiger partial charge in [0, 0.05) is 34.7 Å². The second-order valence-corrected chi connectivity index (χ2v) is 7.97. The van der Waals surface area contributed by atoms with Gasteiger partial charge in [-0.15, -0.1) is 0 Å². The molecule has 2 heterocycles. The average molecular weight is 454 g/mol. The highest BCUT2D eigenvalue weighted by Crippen LogP contribution is 2.21. The molecule has 2 amide bonds. The Morgan fingerprint density at radius 1 is 1.00 bits per heavy atom. The molecule has 0 atom stereocenters. The summed E-state index contributed by atoms with van der Waals surface area (Å²) in [5.41, 5.74) is 1.26. The van der Waals surface area contributed by atoms with Gasteiger partial charge in [-0.3, -0.25) is 19.0 Å². The van der Waals surface area contributed by atoms with E-state index in [0.29, 0.717) is 35.2 Å². The third-order valence-electron chi connectivity index (χ3n) is 5.07. The monoisotopic (exact) mass is 453 g/mol. The number of halogens is 1. The molecule has 1 N–H and O–H groups in total. The van der Waals surface area contributed by atoms with Gasteiger partial charge in [0.05, 0.1) is 11.1 Å². The molecule has 7 heteroatoms. The van der Waals surface area contributed by atoms with Crippen molar-refractivity contribution in [1.82, 2.24) is 9.47 Å². The summed E-state index contributed by atoms with van der Waals surface area (Å²) in [7, 11) is 0. The van der Waals surface area contributed by atoms with Crippen LogP contribution in [0.3, 0.4) is 0 Å². The topological polar surface area (TPSA) is 71.4 Å². The SMILES string of the molecule is O=C(Cn1c(=O)cc(C(=O)N2CCCC2)c2ccccc21)Nc1ccc(Br)cc1. The zero-order valence-corrected chi connectivity index (χ0v) is 17.3. The van der Waals surface area contributed by atoms with E-state index in [-0.39, 0.29) is 23.9 Å². The fraction of sp³-hybridized carbons (Fsp3) is 0.227. The molecule has 0 spiro atoms. The van der Waals surface area contributed by atoms with Gasteiger partial charge in [-0.25, -0.2) is 0 Å². The Hall–Kier alpha value is -2.93. The molecule has 0 bridgehead atoms. The number of carbonyl (C=O) groups excluding carboxylic acids is 2. The molecule has 4 rings (SSSR count). The Labute approximate surface area is 176 Å². The van der Waals surface area contributed by atoms with Crippen molar-refractivity contribution in [1.29, 1.82) is 0 Å². The Kier molecular flexibility index (Phi) is 5.49. The summed E-state index contributed by atoms with van der Waals surface area (Å²) in [6.07, 6.45) is 1.97. The van der Waals surface area contributed by atoms with Gasteiger partial charge in [0.15, 0.2) is 0 Å². The predicted octanol–water partition coefficient (Wildman–Crippen LogP) is 3.64. The Morgan fingerprint density at radius 2 is 1.69 bits per heavy atom. The fourth-order valence-corrected chi connectivity index (χ4v) is 3.91. The third-order valence-corrected chi connectivity index (χ3v) is 5.60. The van der Waals surface area contributed by atoms with Gasteiger partial charge >= 0.3 is 0 Å². The maximum Gasteiger partial charge on any atom is 0.254 e. The number of fused-ring (bicyclic) bond motifs is 1. The molecular formula is C22H20BrN3O3. The standard InChI is InChI=1S/C22H20BrN3O3/c23-15-7-9-16(10-8-15)24-20(27)14-26-19-6-2-1-5-17(19)18(13-21(26)28)22(29)25-11-3-4-12-25/h1-2,5-10,13H,3-4,11-12,14H2,(H,24,27). The second kappa shape index (κ2) is 8.21. The molecular weight excluding hydrogens is 434 g/mol. The summed E-state index contributed by atoms with van der Waals surface area (Å²) in [4.78, 5) is 40.0. The van der Waals surface area contributed by atoms with E-state index >= 15 is 0 Å². The van der Waals surface area contributed by atoms with Crippen LogP contribution in [-0.2, 0) is 11.3 Å². The zero-order valence-electron chi connectivity index (χ0n) is 15.7. The van der Waals surface area contributed by atoms with Gasteiger partial charge in [-0.1, -0.05) is 34.1 Å². The molecule has 148 valence electrons. The summed E-state index contributed by atoms with van der Waals surface area (Å²) >= 11 is 3.36. The van der Waals surface area contributed by atoms with Crippen LogP contribution in [0, 0.1) is 0 Å². The Balaban J connectivity index is 1.66. The summed E-state index contributed by atoms with van der Waals surface area (Å²) in [6, 6.07) is 15.8. The minimum Gasteiger partial charge on any atom is -0.339 e. The summed E-state index contributed by atoms with van der Waals surface area (Å²) in [5, 5.41) is 3.48. The van der Waals surface area contributed by atoms with E-state index < -0.39 is 0 Å². The van der Waals surface area contributed by atoms with E-state index in [1.165, 1.54) is 10.6 Å². The number of likely N-dealkylation sites (tertiary alicyclic amines) is 1. The molecule has 0 saturated carbocycles. The molecule has 1 aromatic heterocycles. The van der Waals surface area contributed by atoms with Gasteiger partial charge < -0.3 is 10.2 Å².